The van der Waals surface area contributed by atoms with Gasteiger partial charge in [0.05, 0.1) is 6.42 Å². The van der Waals surface area contributed by atoms with Crippen molar-refractivity contribution in [2.75, 3.05) is 0 Å². The normalized spacial score (nSPS) is 15.6. The average Bonchev–Trinajstić information content (AvgIpc) is 2.73. The second-order valence-corrected chi connectivity index (χ2v) is 7.05. The van der Waals surface area contributed by atoms with Gasteiger partial charge in [-0.1, -0.05) is 6.07 Å². The van der Waals surface area contributed by atoms with Gasteiger partial charge in [-0.15, -0.1) is 0 Å². The third-order valence-corrected chi connectivity index (χ3v) is 5.16. The van der Waals surface area contributed by atoms with Crippen LogP contribution >= 0.6 is 0 Å². The molecule has 1 aliphatic heterocycles. The van der Waals surface area contributed by atoms with Crippen molar-refractivity contribution >= 4 is 16.9 Å². The highest BCUT2D eigenvalue weighted by Crippen LogP contribution is 2.45. The van der Waals surface area contributed by atoms with Crippen LogP contribution in [0, 0.1) is 0 Å². The number of carbonyl (C=O) groups is 1. The van der Waals surface area contributed by atoms with E-state index in [2.05, 4.69) is 4.98 Å². The monoisotopic (exact) mass is 401 g/mol. The van der Waals surface area contributed by atoms with Crippen molar-refractivity contribution < 1.29 is 24.2 Å². The van der Waals surface area contributed by atoms with E-state index in [1.165, 1.54) is 24.3 Å². The molecule has 2 aromatic carbocycles. The van der Waals surface area contributed by atoms with Crippen LogP contribution in [0.1, 0.15) is 23.5 Å². The number of fused-ring (bicyclic) bond motifs is 3. The molecule has 1 aliphatic rings. The Labute approximate surface area is 169 Å². The molecule has 0 radical (unpaired) electrons. The summed E-state index contributed by atoms with van der Waals surface area (Å²) in [6.07, 6.45) is 3.32. The molecule has 30 heavy (non-hydrogen) atoms. The van der Waals surface area contributed by atoms with Crippen LogP contribution in [0.4, 0.5) is 0 Å². The molecule has 0 unspecified atom stereocenters. The van der Waals surface area contributed by atoms with Crippen LogP contribution in [-0.2, 0) is 4.79 Å². The number of hydrogen-bond donors (Lipinski definition) is 2. The molecule has 2 aromatic heterocycles. The molecule has 0 saturated carbocycles. The zero-order valence-electron chi connectivity index (χ0n) is 15.5. The topological polar surface area (TPSA) is 110 Å². The van der Waals surface area contributed by atoms with Crippen molar-refractivity contribution in [2.24, 2.45) is 0 Å². The van der Waals surface area contributed by atoms with Crippen LogP contribution in [0.15, 0.2) is 70.1 Å². The molecule has 7 heteroatoms. The summed E-state index contributed by atoms with van der Waals surface area (Å²) in [5, 5.41) is 20.0. The van der Waals surface area contributed by atoms with Crippen LogP contribution in [0.3, 0.4) is 0 Å². The number of phenolic OH excluding ortho intramolecular Hbond substituents is 2. The molecule has 1 atom stereocenters. The van der Waals surface area contributed by atoms with E-state index in [0.717, 1.165) is 5.56 Å². The van der Waals surface area contributed by atoms with Crippen molar-refractivity contribution in [1.82, 2.24) is 4.98 Å². The molecule has 0 bridgehead atoms. The summed E-state index contributed by atoms with van der Waals surface area (Å²) in [5.74, 6) is -0.725. The van der Waals surface area contributed by atoms with Gasteiger partial charge in [0.25, 0.3) is 0 Å². The summed E-state index contributed by atoms with van der Waals surface area (Å²) in [6, 6.07) is 12.4. The van der Waals surface area contributed by atoms with Gasteiger partial charge in [-0.2, -0.15) is 0 Å². The van der Waals surface area contributed by atoms with E-state index in [-0.39, 0.29) is 40.4 Å². The zero-order chi connectivity index (χ0) is 20.8. The molecule has 148 valence electrons. The highest BCUT2D eigenvalue weighted by Gasteiger charge is 2.33. The Kier molecular flexibility index (Phi) is 4.03. The molecule has 5 rings (SSSR count). The number of hydrogen-bond acceptors (Lipinski definition) is 7. The molecule has 4 aromatic rings. The Hall–Kier alpha value is -4.13. The lowest BCUT2D eigenvalue weighted by atomic mass is 9.86. The Balaban J connectivity index is 1.83. The fourth-order valence-electron chi connectivity index (χ4n) is 3.79. The number of nitrogens with zero attached hydrogens (tertiary/aromatic N) is 1. The average molecular weight is 401 g/mol. The van der Waals surface area contributed by atoms with Gasteiger partial charge in [0.1, 0.15) is 34.0 Å². The largest absolute Gasteiger partial charge is 0.508 e. The van der Waals surface area contributed by atoms with Gasteiger partial charge >= 0.3 is 5.97 Å². The maximum Gasteiger partial charge on any atom is 0.312 e. The summed E-state index contributed by atoms with van der Waals surface area (Å²) in [5.41, 5.74) is 1.58. The lowest BCUT2D eigenvalue weighted by Gasteiger charge is -2.25. The quantitative estimate of drug-likeness (QED) is 0.389. The first-order valence-electron chi connectivity index (χ1n) is 9.25. The van der Waals surface area contributed by atoms with Crippen molar-refractivity contribution in [1.29, 1.82) is 0 Å². The first-order valence-corrected chi connectivity index (χ1v) is 9.25. The summed E-state index contributed by atoms with van der Waals surface area (Å²) in [4.78, 5) is 29.2. The van der Waals surface area contributed by atoms with Gasteiger partial charge in [-0.25, -0.2) is 0 Å². The van der Waals surface area contributed by atoms with E-state index in [4.69, 9.17) is 9.15 Å². The lowest BCUT2D eigenvalue weighted by molar-refractivity contribution is -0.135. The minimum atomic E-state index is -0.452. The maximum atomic E-state index is 12.9. The Bertz CT molecular complexity index is 1340. The molecular weight excluding hydrogens is 386 g/mol. The number of aromatic nitrogens is 1. The van der Waals surface area contributed by atoms with Gasteiger partial charge in [-0.05, 0) is 35.9 Å². The number of rotatable bonds is 2. The summed E-state index contributed by atoms with van der Waals surface area (Å²) >= 11 is 0. The number of pyridine rings is 1. The highest BCUT2D eigenvalue weighted by molar-refractivity contribution is 5.93. The number of aromatic hydroxyl groups is 2. The van der Waals surface area contributed by atoms with E-state index in [9.17, 15) is 19.8 Å². The molecular formula is C23H15NO6. The van der Waals surface area contributed by atoms with Gasteiger partial charge in [0.15, 0.2) is 5.43 Å². The van der Waals surface area contributed by atoms with Crippen molar-refractivity contribution in [3.63, 3.8) is 0 Å². The molecule has 0 spiro atoms. The minimum Gasteiger partial charge on any atom is -0.508 e. The SMILES string of the molecule is O=C1C[C@@H](c2cccnc2)c2c(cc(O)c3c(=O)cc(-c4ccc(O)cc4)oc23)O1. The Morgan fingerprint density at radius 1 is 1.03 bits per heavy atom. The van der Waals surface area contributed by atoms with Gasteiger partial charge in [-0.3, -0.25) is 14.6 Å². The van der Waals surface area contributed by atoms with Crippen molar-refractivity contribution in [2.45, 2.75) is 12.3 Å². The summed E-state index contributed by atoms with van der Waals surface area (Å²) in [7, 11) is 0. The number of carbonyl (C=O) groups excluding carboxylic acids is 1. The predicted octanol–water partition coefficient (Wildman–Crippen LogP) is 3.71. The molecule has 0 saturated heterocycles. The molecule has 2 N–H and O–H groups in total. The molecule has 0 amide bonds. The highest BCUT2D eigenvalue weighted by atomic mass is 16.5. The number of phenols is 2. The zero-order valence-corrected chi connectivity index (χ0v) is 15.5. The summed E-state index contributed by atoms with van der Waals surface area (Å²) < 4.78 is 11.4. The second-order valence-electron chi connectivity index (χ2n) is 7.05. The lowest BCUT2D eigenvalue weighted by Crippen LogP contribution is -2.22. The number of ether oxygens (including phenoxy) is 1. The predicted molar refractivity (Wildman–Crippen MR) is 108 cm³/mol. The van der Waals surface area contributed by atoms with E-state index >= 15 is 0 Å². The first kappa shape index (κ1) is 17.9. The van der Waals surface area contributed by atoms with E-state index in [1.54, 1.807) is 30.6 Å². The third kappa shape index (κ3) is 2.88. The molecule has 0 aliphatic carbocycles. The standard InChI is InChI=1S/C23H15NO6/c25-14-5-3-12(4-6-14)18-9-16(26)22-17(27)10-19-21(23(22)30-18)15(8-20(28)29-19)13-2-1-7-24-11-13/h1-7,9-11,15,25,27H,8H2/t15-/m0/s1. The van der Waals surface area contributed by atoms with Crippen molar-refractivity contribution in [3.8, 4) is 28.6 Å². The van der Waals surface area contributed by atoms with E-state index < -0.39 is 17.3 Å². The van der Waals surface area contributed by atoms with E-state index in [1.807, 2.05) is 6.07 Å². The van der Waals surface area contributed by atoms with Crippen LogP contribution in [0.5, 0.6) is 17.2 Å². The fraction of sp³-hybridized carbons (Fsp3) is 0.0870. The van der Waals surface area contributed by atoms with Crippen LogP contribution in [0.25, 0.3) is 22.3 Å². The second kappa shape index (κ2) is 6.73. The maximum absolute atomic E-state index is 12.9. The molecule has 0 fully saturated rings. The van der Waals surface area contributed by atoms with Gasteiger partial charge in [0.2, 0.25) is 0 Å². The summed E-state index contributed by atoms with van der Waals surface area (Å²) in [6.45, 7) is 0. The van der Waals surface area contributed by atoms with Crippen molar-refractivity contribution in [3.05, 3.63) is 82.3 Å². The Morgan fingerprint density at radius 2 is 1.83 bits per heavy atom. The van der Waals surface area contributed by atoms with Crippen LogP contribution in [0.2, 0.25) is 0 Å². The molecule has 3 heterocycles. The Morgan fingerprint density at radius 3 is 2.57 bits per heavy atom. The smallest absolute Gasteiger partial charge is 0.312 e. The van der Waals surface area contributed by atoms with Gasteiger partial charge < -0.3 is 19.4 Å². The number of esters is 1. The van der Waals surface area contributed by atoms with Crippen LogP contribution < -0.4 is 10.2 Å². The molecule has 7 nitrogen and oxygen atoms in total. The first-order chi connectivity index (χ1) is 14.5. The number of benzene rings is 2. The van der Waals surface area contributed by atoms with Crippen LogP contribution in [-0.4, -0.2) is 21.2 Å². The fourth-order valence-corrected chi connectivity index (χ4v) is 3.79. The minimum absolute atomic E-state index is 0.0168. The third-order valence-electron chi connectivity index (χ3n) is 5.16. The van der Waals surface area contributed by atoms with E-state index in [0.29, 0.717) is 11.1 Å². The van der Waals surface area contributed by atoms with Gasteiger partial charge in [0, 0.05) is 41.6 Å².